The topological polar surface area (TPSA) is 80.9 Å². The Morgan fingerprint density at radius 2 is 0.483 bits per heavy atom. The number of phenols is 4. The average Bonchev–Trinajstić information content (AvgIpc) is 2.73. The van der Waals surface area contributed by atoms with E-state index in [2.05, 4.69) is 0 Å². The highest BCUT2D eigenvalue weighted by atomic mass is 32.3. The van der Waals surface area contributed by atoms with Gasteiger partial charge >= 0.3 is 0 Å². The average molecular weight is 404 g/mol. The summed E-state index contributed by atoms with van der Waals surface area (Å²) in [4.78, 5) is 3.88. The molecule has 4 aromatic rings. The number of phenolic OH excluding ortho intramolecular Hbond substituents is 4. The molecule has 4 N–H and O–H groups in total. The lowest BCUT2D eigenvalue weighted by Crippen LogP contribution is -2.05. The normalized spacial score (nSPS) is 11.9. The van der Waals surface area contributed by atoms with Crippen LogP contribution in [0.1, 0.15) is 0 Å². The van der Waals surface area contributed by atoms with Crippen LogP contribution in [0, 0.1) is 0 Å². The van der Waals surface area contributed by atoms with Gasteiger partial charge in [0.25, 0.3) is 0 Å². The van der Waals surface area contributed by atoms with E-state index in [1.807, 2.05) is 48.5 Å². The molecule has 0 aliphatic heterocycles. The van der Waals surface area contributed by atoms with Crippen molar-refractivity contribution in [3.63, 3.8) is 0 Å². The molecule has 0 aromatic heterocycles. The zero-order valence-corrected chi connectivity index (χ0v) is 16.3. The Morgan fingerprint density at radius 3 is 0.655 bits per heavy atom. The van der Waals surface area contributed by atoms with Gasteiger partial charge in [-0.3, -0.25) is 0 Å². The van der Waals surface area contributed by atoms with Crippen molar-refractivity contribution >= 4 is 10.0 Å². The Kier molecular flexibility index (Phi) is 4.82. The summed E-state index contributed by atoms with van der Waals surface area (Å²) in [5.74, 6) is 0.682. The fourth-order valence-corrected chi connectivity index (χ4v) is 7.23. The van der Waals surface area contributed by atoms with Crippen LogP contribution in [0.2, 0.25) is 0 Å². The zero-order valence-electron chi connectivity index (χ0n) is 15.4. The molecule has 0 bridgehead atoms. The second-order valence-corrected chi connectivity index (χ2v) is 9.70. The number of hydrogen-bond donors (Lipinski definition) is 4. The highest BCUT2D eigenvalue weighted by molar-refractivity contribution is 8.34. The molecule has 29 heavy (non-hydrogen) atoms. The number of aromatic hydroxyl groups is 4. The number of hydrogen-bond acceptors (Lipinski definition) is 4. The van der Waals surface area contributed by atoms with Crippen molar-refractivity contribution in [3.05, 3.63) is 97.1 Å². The van der Waals surface area contributed by atoms with Crippen molar-refractivity contribution < 1.29 is 20.4 Å². The third kappa shape index (κ3) is 3.37. The summed E-state index contributed by atoms with van der Waals surface area (Å²) in [5, 5.41) is 39.4. The van der Waals surface area contributed by atoms with E-state index in [1.54, 1.807) is 48.5 Å². The molecule has 0 atom stereocenters. The second-order valence-electron chi connectivity index (χ2n) is 6.59. The van der Waals surface area contributed by atoms with Crippen LogP contribution >= 0.6 is 10.0 Å². The third-order valence-corrected chi connectivity index (χ3v) is 8.68. The summed E-state index contributed by atoms with van der Waals surface area (Å²) in [6, 6.07) is 28.3. The molecular formula is C24H20O4S. The zero-order chi connectivity index (χ0) is 20.4. The molecule has 0 saturated carbocycles. The molecule has 4 nitrogen and oxygen atoms in total. The summed E-state index contributed by atoms with van der Waals surface area (Å²) in [7, 11) is -2.02. The first-order valence-corrected chi connectivity index (χ1v) is 10.6. The Morgan fingerprint density at radius 1 is 0.310 bits per heavy atom. The van der Waals surface area contributed by atoms with Gasteiger partial charge in [0.2, 0.25) is 0 Å². The molecule has 0 aliphatic rings. The minimum Gasteiger partial charge on any atom is -0.508 e. The van der Waals surface area contributed by atoms with Crippen LogP contribution in [-0.4, -0.2) is 20.4 Å². The highest BCUT2D eigenvalue weighted by Gasteiger charge is 2.33. The molecule has 0 unspecified atom stereocenters. The first-order valence-electron chi connectivity index (χ1n) is 9.00. The summed E-state index contributed by atoms with van der Waals surface area (Å²) in [6.07, 6.45) is 0. The Labute approximate surface area is 170 Å². The van der Waals surface area contributed by atoms with Gasteiger partial charge < -0.3 is 20.4 Å². The lowest BCUT2D eigenvalue weighted by atomic mass is 10.3. The molecule has 0 aliphatic carbocycles. The summed E-state index contributed by atoms with van der Waals surface area (Å²) in [5.41, 5.74) is 0. The lowest BCUT2D eigenvalue weighted by Gasteiger charge is -2.42. The van der Waals surface area contributed by atoms with Crippen molar-refractivity contribution in [3.8, 4) is 23.0 Å². The second kappa shape index (κ2) is 7.45. The molecule has 0 saturated heterocycles. The molecule has 146 valence electrons. The minimum absolute atomic E-state index is 0.171. The van der Waals surface area contributed by atoms with E-state index < -0.39 is 10.0 Å². The molecule has 0 spiro atoms. The molecule has 0 radical (unpaired) electrons. The maximum absolute atomic E-state index is 9.85. The fourth-order valence-electron chi connectivity index (χ4n) is 3.42. The van der Waals surface area contributed by atoms with Crippen LogP contribution in [0.3, 0.4) is 0 Å². The monoisotopic (exact) mass is 404 g/mol. The van der Waals surface area contributed by atoms with E-state index in [9.17, 15) is 20.4 Å². The van der Waals surface area contributed by atoms with Crippen LogP contribution in [-0.2, 0) is 0 Å². The fraction of sp³-hybridized carbons (Fsp3) is 0. The minimum atomic E-state index is -2.02. The lowest BCUT2D eigenvalue weighted by molar-refractivity contribution is 0.474. The summed E-state index contributed by atoms with van der Waals surface area (Å²) < 4.78 is 0. The summed E-state index contributed by atoms with van der Waals surface area (Å²) in [6.45, 7) is 0. The Hall–Kier alpha value is -3.57. The smallest absolute Gasteiger partial charge is 0.115 e. The first kappa shape index (κ1) is 18.8. The van der Waals surface area contributed by atoms with Crippen LogP contribution in [0.5, 0.6) is 23.0 Å². The van der Waals surface area contributed by atoms with Crippen LogP contribution in [0.25, 0.3) is 0 Å². The van der Waals surface area contributed by atoms with Crippen molar-refractivity contribution in [2.24, 2.45) is 0 Å². The Balaban J connectivity index is 2.11. The van der Waals surface area contributed by atoms with Crippen molar-refractivity contribution in [2.45, 2.75) is 19.6 Å². The molecule has 0 fully saturated rings. The van der Waals surface area contributed by atoms with Crippen molar-refractivity contribution in [1.82, 2.24) is 0 Å². The standard InChI is InChI=1S/C24H20O4S/c25-17-1-9-21(10-2-17)29(22-11-3-18(26)4-12-22,23-13-5-19(27)6-14-23)24-15-7-20(28)8-16-24/h1-16,25-28H. The maximum atomic E-state index is 9.85. The van der Waals surface area contributed by atoms with Crippen molar-refractivity contribution in [1.29, 1.82) is 0 Å². The van der Waals surface area contributed by atoms with Gasteiger partial charge in [0.05, 0.1) is 0 Å². The van der Waals surface area contributed by atoms with E-state index in [-0.39, 0.29) is 23.0 Å². The maximum Gasteiger partial charge on any atom is 0.115 e. The first-order chi connectivity index (χ1) is 14.0. The highest BCUT2D eigenvalue weighted by Crippen LogP contribution is 2.73. The number of rotatable bonds is 4. The van der Waals surface area contributed by atoms with Gasteiger partial charge in [-0.1, -0.05) is 0 Å². The number of benzene rings is 4. The van der Waals surface area contributed by atoms with Gasteiger partial charge in [0.1, 0.15) is 23.0 Å². The molecule has 4 rings (SSSR count). The van der Waals surface area contributed by atoms with E-state index in [1.165, 1.54) is 0 Å². The third-order valence-electron chi connectivity index (χ3n) is 4.76. The van der Waals surface area contributed by atoms with Crippen molar-refractivity contribution in [2.75, 3.05) is 0 Å². The summed E-state index contributed by atoms with van der Waals surface area (Å²) >= 11 is 0. The van der Waals surface area contributed by atoms with E-state index in [0.717, 1.165) is 19.6 Å². The van der Waals surface area contributed by atoms with Gasteiger partial charge in [0, 0.05) is 19.6 Å². The quantitative estimate of drug-likeness (QED) is 0.344. The predicted molar refractivity (Wildman–Crippen MR) is 113 cm³/mol. The molecular weight excluding hydrogens is 384 g/mol. The van der Waals surface area contributed by atoms with Gasteiger partial charge in [0.15, 0.2) is 0 Å². The largest absolute Gasteiger partial charge is 0.508 e. The van der Waals surface area contributed by atoms with Gasteiger partial charge in [-0.05, 0) is 97.1 Å². The molecule has 0 amide bonds. The van der Waals surface area contributed by atoms with E-state index in [0.29, 0.717) is 0 Å². The van der Waals surface area contributed by atoms with Crippen LogP contribution < -0.4 is 0 Å². The van der Waals surface area contributed by atoms with Crippen LogP contribution in [0.15, 0.2) is 117 Å². The van der Waals surface area contributed by atoms with Crippen LogP contribution in [0.4, 0.5) is 0 Å². The van der Waals surface area contributed by atoms with Gasteiger partial charge in [-0.2, -0.15) is 0 Å². The molecule has 4 aromatic carbocycles. The Bertz CT molecular complexity index is 916. The van der Waals surface area contributed by atoms with E-state index >= 15 is 0 Å². The van der Waals surface area contributed by atoms with Gasteiger partial charge in [-0.15, -0.1) is 10.0 Å². The predicted octanol–water partition coefficient (Wildman–Crippen LogP) is 5.85. The van der Waals surface area contributed by atoms with E-state index in [4.69, 9.17) is 0 Å². The molecule has 5 heteroatoms. The van der Waals surface area contributed by atoms with Gasteiger partial charge in [-0.25, -0.2) is 0 Å². The SMILES string of the molecule is Oc1ccc(S(c2ccc(O)cc2)(c2ccc(O)cc2)c2ccc(O)cc2)cc1. The molecule has 0 heterocycles.